The molecule has 182 valence electrons. The van der Waals surface area contributed by atoms with E-state index in [9.17, 15) is 9.59 Å². The Kier molecular flexibility index (Phi) is 10.5. The second kappa shape index (κ2) is 14.1. The number of benzene rings is 2. The molecular formula is C26H34N4O4. The molecule has 2 amide bonds. The molecule has 0 unspecified atom stereocenters. The number of hydrogen-bond acceptors (Lipinski definition) is 6. The molecular weight excluding hydrogens is 432 g/mol. The third kappa shape index (κ3) is 8.61. The van der Waals surface area contributed by atoms with E-state index in [1.165, 1.54) is 0 Å². The van der Waals surface area contributed by atoms with Gasteiger partial charge in [0.25, 0.3) is 5.91 Å². The van der Waals surface area contributed by atoms with Crippen molar-refractivity contribution in [2.75, 3.05) is 40.0 Å². The number of nitrogens with zero attached hydrogens (tertiary/aromatic N) is 2. The maximum absolute atomic E-state index is 12.1. The van der Waals surface area contributed by atoms with Gasteiger partial charge < -0.3 is 14.8 Å². The Hall–Kier alpha value is -3.23. The second-order valence-corrected chi connectivity index (χ2v) is 8.19. The van der Waals surface area contributed by atoms with Crippen molar-refractivity contribution in [2.24, 2.45) is 5.10 Å². The monoisotopic (exact) mass is 466 g/mol. The van der Waals surface area contributed by atoms with Crippen molar-refractivity contribution in [1.82, 2.24) is 15.6 Å². The van der Waals surface area contributed by atoms with Gasteiger partial charge in [0.2, 0.25) is 5.91 Å². The van der Waals surface area contributed by atoms with E-state index in [0.29, 0.717) is 18.5 Å². The van der Waals surface area contributed by atoms with Gasteiger partial charge in [0.15, 0.2) is 0 Å². The number of unbranched alkanes of at least 4 members (excludes halogenated alkanes) is 2. The lowest BCUT2D eigenvalue weighted by molar-refractivity contribution is -0.121. The fraction of sp³-hybridized carbons (Fsp3) is 0.423. The van der Waals surface area contributed by atoms with Crippen LogP contribution < -0.4 is 15.5 Å². The predicted molar refractivity (Wildman–Crippen MR) is 132 cm³/mol. The van der Waals surface area contributed by atoms with Crippen LogP contribution in [0.2, 0.25) is 0 Å². The highest BCUT2D eigenvalue weighted by Crippen LogP contribution is 2.21. The Bertz CT molecular complexity index is 943. The summed E-state index contributed by atoms with van der Waals surface area (Å²) in [6.07, 6.45) is 4.48. The predicted octanol–water partition coefficient (Wildman–Crippen LogP) is 2.97. The molecule has 1 aliphatic heterocycles. The third-order valence-corrected chi connectivity index (χ3v) is 5.61. The molecule has 34 heavy (non-hydrogen) atoms. The molecule has 1 saturated heterocycles. The lowest BCUT2D eigenvalue weighted by Gasteiger charge is -2.27. The van der Waals surface area contributed by atoms with E-state index in [1.807, 2.05) is 36.4 Å². The van der Waals surface area contributed by atoms with Crippen LogP contribution in [0, 0.1) is 0 Å². The number of amides is 2. The van der Waals surface area contributed by atoms with Gasteiger partial charge >= 0.3 is 0 Å². The Morgan fingerprint density at radius 1 is 1.09 bits per heavy atom. The average Bonchev–Trinajstić information content (AvgIpc) is 2.87. The van der Waals surface area contributed by atoms with Crippen LogP contribution in [-0.2, 0) is 16.1 Å². The van der Waals surface area contributed by atoms with Gasteiger partial charge in [-0.3, -0.25) is 14.5 Å². The largest absolute Gasteiger partial charge is 0.496 e. The van der Waals surface area contributed by atoms with Gasteiger partial charge in [0.1, 0.15) is 5.75 Å². The van der Waals surface area contributed by atoms with Gasteiger partial charge in [-0.25, -0.2) is 5.43 Å². The fourth-order valence-corrected chi connectivity index (χ4v) is 3.72. The summed E-state index contributed by atoms with van der Waals surface area (Å²) in [6.45, 7) is 4.67. The number of carbonyl (C=O) groups is 2. The zero-order valence-corrected chi connectivity index (χ0v) is 19.8. The van der Waals surface area contributed by atoms with Crippen molar-refractivity contribution < 1.29 is 19.1 Å². The molecule has 0 saturated carbocycles. The SMILES string of the molecule is COc1ccc(/C=N\NC(=O)CCCCCNC(=O)c2ccccc2)cc1CN1CCOCC1. The van der Waals surface area contributed by atoms with Crippen molar-refractivity contribution in [3.63, 3.8) is 0 Å². The first-order valence-electron chi connectivity index (χ1n) is 11.8. The average molecular weight is 467 g/mol. The van der Waals surface area contributed by atoms with Crippen LogP contribution in [0.25, 0.3) is 0 Å². The maximum atomic E-state index is 12.1. The smallest absolute Gasteiger partial charge is 0.251 e. The summed E-state index contributed by atoms with van der Waals surface area (Å²) < 4.78 is 10.9. The number of ether oxygens (including phenoxy) is 2. The molecule has 2 aromatic carbocycles. The van der Waals surface area contributed by atoms with Gasteiger partial charge in [-0.1, -0.05) is 24.6 Å². The minimum absolute atomic E-state index is 0.0701. The fourth-order valence-electron chi connectivity index (χ4n) is 3.72. The summed E-state index contributed by atoms with van der Waals surface area (Å²) in [7, 11) is 1.67. The van der Waals surface area contributed by atoms with Crippen LogP contribution in [-0.4, -0.2) is 62.9 Å². The van der Waals surface area contributed by atoms with Crippen LogP contribution in [0.15, 0.2) is 53.6 Å². The number of rotatable bonds is 12. The van der Waals surface area contributed by atoms with E-state index >= 15 is 0 Å². The number of methoxy groups -OCH3 is 1. The third-order valence-electron chi connectivity index (χ3n) is 5.61. The summed E-state index contributed by atoms with van der Waals surface area (Å²) in [5.74, 6) is 0.651. The summed E-state index contributed by atoms with van der Waals surface area (Å²) in [5, 5.41) is 7.00. The molecule has 1 aliphatic rings. The number of hydrogen-bond donors (Lipinski definition) is 2. The van der Waals surface area contributed by atoms with Gasteiger partial charge in [0.05, 0.1) is 26.5 Å². The van der Waals surface area contributed by atoms with E-state index in [-0.39, 0.29) is 11.8 Å². The second-order valence-electron chi connectivity index (χ2n) is 8.19. The van der Waals surface area contributed by atoms with Crippen molar-refractivity contribution >= 4 is 18.0 Å². The highest BCUT2D eigenvalue weighted by atomic mass is 16.5. The summed E-state index contributed by atoms with van der Waals surface area (Å²) in [6, 6.07) is 15.0. The standard InChI is InChI=1S/C26H34N4O4/c1-33-24-12-11-21(18-23(24)20-30-14-16-34-17-15-30)19-28-29-25(31)10-6-3-7-13-27-26(32)22-8-4-2-5-9-22/h2,4-5,8-9,11-12,18-19H,3,6-7,10,13-17,20H2,1H3,(H,27,32)(H,29,31)/b28-19-. The Morgan fingerprint density at radius 2 is 1.88 bits per heavy atom. The highest BCUT2D eigenvalue weighted by Gasteiger charge is 2.13. The zero-order valence-electron chi connectivity index (χ0n) is 19.8. The first-order chi connectivity index (χ1) is 16.7. The normalized spacial score (nSPS) is 14.1. The molecule has 0 radical (unpaired) electrons. The lowest BCUT2D eigenvalue weighted by Crippen LogP contribution is -2.35. The summed E-state index contributed by atoms with van der Waals surface area (Å²) in [4.78, 5) is 26.4. The Balaban J connectivity index is 1.34. The van der Waals surface area contributed by atoms with Crippen LogP contribution >= 0.6 is 0 Å². The zero-order chi connectivity index (χ0) is 24.0. The molecule has 0 aliphatic carbocycles. The lowest BCUT2D eigenvalue weighted by atomic mass is 10.1. The van der Waals surface area contributed by atoms with Crippen molar-refractivity contribution in [3.05, 3.63) is 65.2 Å². The quantitative estimate of drug-likeness (QED) is 0.285. The van der Waals surface area contributed by atoms with E-state index in [0.717, 1.165) is 69.0 Å². The first-order valence-corrected chi connectivity index (χ1v) is 11.8. The first kappa shape index (κ1) is 25.4. The number of hydrazone groups is 1. The minimum atomic E-state index is -0.119. The molecule has 0 bridgehead atoms. The highest BCUT2D eigenvalue weighted by molar-refractivity contribution is 5.94. The maximum Gasteiger partial charge on any atom is 0.251 e. The minimum Gasteiger partial charge on any atom is -0.496 e. The van der Waals surface area contributed by atoms with Gasteiger partial charge in [-0.05, 0) is 48.7 Å². The molecule has 3 rings (SSSR count). The molecule has 0 spiro atoms. The molecule has 8 nitrogen and oxygen atoms in total. The van der Waals surface area contributed by atoms with E-state index < -0.39 is 0 Å². The molecule has 1 heterocycles. The van der Waals surface area contributed by atoms with Crippen LogP contribution in [0.5, 0.6) is 5.75 Å². The van der Waals surface area contributed by atoms with Crippen molar-refractivity contribution in [1.29, 1.82) is 0 Å². The van der Waals surface area contributed by atoms with Crippen LogP contribution in [0.3, 0.4) is 0 Å². The van der Waals surface area contributed by atoms with E-state index in [2.05, 4.69) is 20.7 Å². The van der Waals surface area contributed by atoms with Crippen molar-refractivity contribution in [2.45, 2.75) is 32.2 Å². The molecule has 0 atom stereocenters. The van der Waals surface area contributed by atoms with E-state index in [4.69, 9.17) is 9.47 Å². The Labute approximate surface area is 201 Å². The summed E-state index contributed by atoms with van der Waals surface area (Å²) >= 11 is 0. The van der Waals surface area contributed by atoms with Gasteiger partial charge in [-0.15, -0.1) is 0 Å². The molecule has 2 N–H and O–H groups in total. The van der Waals surface area contributed by atoms with Gasteiger partial charge in [0, 0.05) is 43.7 Å². The number of nitrogens with one attached hydrogen (secondary N) is 2. The van der Waals surface area contributed by atoms with Crippen LogP contribution in [0.4, 0.5) is 0 Å². The number of carbonyl (C=O) groups excluding carboxylic acids is 2. The number of morpholine rings is 1. The van der Waals surface area contributed by atoms with Crippen molar-refractivity contribution in [3.8, 4) is 5.75 Å². The summed E-state index contributed by atoms with van der Waals surface area (Å²) in [5.41, 5.74) is 5.23. The molecule has 1 fully saturated rings. The molecule has 8 heteroatoms. The van der Waals surface area contributed by atoms with Crippen LogP contribution in [0.1, 0.15) is 47.2 Å². The molecule has 0 aromatic heterocycles. The molecule has 2 aromatic rings. The van der Waals surface area contributed by atoms with E-state index in [1.54, 1.807) is 25.5 Å². The topological polar surface area (TPSA) is 92.3 Å². The van der Waals surface area contributed by atoms with Gasteiger partial charge in [-0.2, -0.15) is 5.10 Å². The Morgan fingerprint density at radius 3 is 2.65 bits per heavy atom.